The van der Waals surface area contributed by atoms with E-state index < -0.39 is 0 Å². The summed E-state index contributed by atoms with van der Waals surface area (Å²) in [5.41, 5.74) is 1.72. The van der Waals surface area contributed by atoms with Crippen LogP contribution in [0.4, 0.5) is 16.0 Å². The average molecular weight is 316 g/mol. The van der Waals surface area contributed by atoms with Crippen LogP contribution in [-0.2, 0) is 0 Å². The first-order chi connectivity index (χ1) is 11.0. The maximum atomic E-state index is 13.0. The molecule has 0 aliphatic carbocycles. The lowest BCUT2D eigenvalue weighted by Gasteiger charge is -2.36. The number of benzene rings is 1. The summed E-state index contributed by atoms with van der Waals surface area (Å²) >= 11 is 0. The quantitative estimate of drug-likeness (QED) is 0.944. The van der Waals surface area contributed by atoms with Crippen molar-refractivity contribution in [2.45, 2.75) is 19.8 Å². The van der Waals surface area contributed by atoms with E-state index in [-0.39, 0.29) is 17.3 Å². The van der Waals surface area contributed by atoms with Crippen LogP contribution in [0.15, 0.2) is 35.1 Å². The first-order valence-electron chi connectivity index (χ1n) is 7.89. The number of aromatic amines is 1. The predicted molar refractivity (Wildman–Crippen MR) is 89.8 cm³/mol. The third-order valence-corrected chi connectivity index (χ3v) is 4.11. The van der Waals surface area contributed by atoms with Gasteiger partial charge in [-0.25, -0.2) is 9.37 Å². The number of hydrogen-bond donors (Lipinski definition) is 1. The first kappa shape index (κ1) is 15.5. The third-order valence-electron chi connectivity index (χ3n) is 4.11. The van der Waals surface area contributed by atoms with E-state index in [4.69, 9.17) is 0 Å². The molecule has 1 aliphatic heterocycles. The van der Waals surface area contributed by atoms with E-state index in [2.05, 4.69) is 19.8 Å². The van der Waals surface area contributed by atoms with Crippen LogP contribution in [0.1, 0.15) is 25.5 Å². The molecule has 1 saturated heterocycles. The van der Waals surface area contributed by atoms with Gasteiger partial charge in [-0.15, -0.1) is 0 Å². The molecule has 1 aliphatic rings. The number of anilines is 2. The number of aromatic nitrogens is 2. The molecule has 2 heterocycles. The SMILES string of the molecule is CC(C)c1cc(=O)[nH]c(N2CCN(c3ccc(F)cc3)CC2)n1. The fraction of sp³-hybridized carbons (Fsp3) is 0.412. The zero-order valence-corrected chi connectivity index (χ0v) is 13.4. The van der Waals surface area contributed by atoms with Gasteiger partial charge in [0.25, 0.3) is 5.56 Å². The van der Waals surface area contributed by atoms with Crippen molar-refractivity contribution in [3.8, 4) is 0 Å². The van der Waals surface area contributed by atoms with Gasteiger partial charge in [0.1, 0.15) is 5.82 Å². The highest BCUT2D eigenvalue weighted by Gasteiger charge is 2.19. The van der Waals surface area contributed by atoms with Crippen molar-refractivity contribution in [3.05, 3.63) is 52.2 Å². The van der Waals surface area contributed by atoms with E-state index >= 15 is 0 Å². The summed E-state index contributed by atoms with van der Waals surface area (Å²) < 4.78 is 13.0. The molecule has 23 heavy (non-hydrogen) atoms. The highest BCUT2D eigenvalue weighted by atomic mass is 19.1. The van der Waals surface area contributed by atoms with Gasteiger partial charge in [-0.1, -0.05) is 13.8 Å². The Morgan fingerprint density at radius 1 is 1.09 bits per heavy atom. The Hall–Kier alpha value is -2.37. The molecule has 0 spiro atoms. The number of H-pyrrole nitrogens is 1. The Bertz CT molecular complexity index is 718. The Morgan fingerprint density at radius 2 is 1.70 bits per heavy atom. The zero-order chi connectivity index (χ0) is 16.4. The highest BCUT2D eigenvalue weighted by molar-refractivity contribution is 5.48. The summed E-state index contributed by atoms with van der Waals surface area (Å²) in [5.74, 6) is 0.635. The number of halogens is 1. The molecule has 2 aromatic rings. The van der Waals surface area contributed by atoms with Crippen LogP contribution in [0.3, 0.4) is 0 Å². The number of hydrogen-bond acceptors (Lipinski definition) is 4. The van der Waals surface area contributed by atoms with Gasteiger partial charge in [-0.05, 0) is 30.2 Å². The van der Waals surface area contributed by atoms with Gasteiger partial charge in [0, 0.05) is 37.9 Å². The van der Waals surface area contributed by atoms with Crippen LogP contribution in [0.25, 0.3) is 0 Å². The molecule has 0 radical (unpaired) electrons. The molecule has 1 N–H and O–H groups in total. The second kappa shape index (κ2) is 6.40. The van der Waals surface area contributed by atoms with E-state index in [0.29, 0.717) is 5.95 Å². The third kappa shape index (κ3) is 3.52. The van der Waals surface area contributed by atoms with Gasteiger partial charge in [0.2, 0.25) is 5.95 Å². The molecule has 122 valence electrons. The molecule has 0 bridgehead atoms. The highest BCUT2D eigenvalue weighted by Crippen LogP contribution is 2.19. The monoisotopic (exact) mass is 316 g/mol. The molecular weight excluding hydrogens is 295 g/mol. The van der Waals surface area contributed by atoms with E-state index in [1.165, 1.54) is 12.1 Å². The van der Waals surface area contributed by atoms with Crippen LogP contribution >= 0.6 is 0 Å². The van der Waals surface area contributed by atoms with Crippen molar-refractivity contribution in [3.63, 3.8) is 0 Å². The predicted octanol–water partition coefficient (Wildman–Crippen LogP) is 2.36. The Morgan fingerprint density at radius 3 is 2.30 bits per heavy atom. The van der Waals surface area contributed by atoms with E-state index in [1.807, 2.05) is 13.8 Å². The van der Waals surface area contributed by atoms with Crippen molar-refractivity contribution in [1.29, 1.82) is 0 Å². The van der Waals surface area contributed by atoms with Crippen LogP contribution in [0.5, 0.6) is 0 Å². The molecule has 1 aromatic heterocycles. The van der Waals surface area contributed by atoms with Gasteiger partial charge in [-0.3, -0.25) is 9.78 Å². The number of piperazine rings is 1. The Balaban J connectivity index is 1.71. The van der Waals surface area contributed by atoms with Gasteiger partial charge in [-0.2, -0.15) is 0 Å². The van der Waals surface area contributed by atoms with Crippen molar-refractivity contribution < 1.29 is 4.39 Å². The molecule has 0 atom stereocenters. The maximum absolute atomic E-state index is 13.0. The van der Waals surface area contributed by atoms with E-state index in [0.717, 1.165) is 37.6 Å². The van der Waals surface area contributed by atoms with Gasteiger partial charge in [0.15, 0.2) is 0 Å². The molecule has 6 heteroatoms. The number of rotatable bonds is 3. The van der Waals surface area contributed by atoms with E-state index in [1.54, 1.807) is 18.2 Å². The van der Waals surface area contributed by atoms with Crippen LogP contribution < -0.4 is 15.4 Å². The molecule has 3 rings (SSSR count). The van der Waals surface area contributed by atoms with E-state index in [9.17, 15) is 9.18 Å². The molecule has 1 fully saturated rings. The lowest BCUT2D eigenvalue weighted by Crippen LogP contribution is -2.47. The van der Waals surface area contributed by atoms with Crippen molar-refractivity contribution in [2.75, 3.05) is 36.0 Å². The van der Waals surface area contributed by atoms with Crippen LogP contribution in [0, 0.1) is 5.82 Å². The standard InChI is InChI=1S/C17H21FN4O/c1-12(2)15-11-16(23)20-17(19-15)22-9-7-21(8-10-22)14-5-3-13(18)4-6-14/h3-6,11-12H,7-10H2,1-2H3,(H,19,20,23). The summed E-state index contributed by atoms with van der Waals surface area (Å²) in [6.07, 6.45) is 0. The van der Waals surface area contributed by atoms with Crippen molar-refractivity contribution in [1.82, 2.24) is 9.97 Å². The summed E-state index contributed by atoms with van der Waals surface area (Å²) in [4.78, 5) is 23.5. The first-order valence-corrected chi connectivity index (χ1v) is 7.89. The fourth-order valence-corrected chi connectivity index (χ4v) is 2.74. The van der Waals surface area contributed by atoms with Gasteiger partial charge >= 0.3 is 0 Å². The molecule has 5 nitrogen and oxygen atoms in total. The minimum absolute atomic E-state index is 0.111. The fourth-order valence-electron chi connectivity index (χ4n) is 2.74. The topological polar surface area (TPSA) is 52.2 Å². The largest absolute Gasteiger partial charge is 0.368 e. The Labute approximate surface area is 134 Å². The maximum Gasteiger partial charge on any atom is 0.252 e. The second-order valence-corrected chi connectivity index (χ2v) is 6.10. The normalized spacial score (nSPS) is 15.3. The number of nitrogens with one attached hydrogen (secondary N) is 1. The number of nitrogens with zero attached hydrogens (tertiary/aromatic N) is 3. The smallest absolute Gasteiger partial charge is 0.252 e. The minimum atomic E-state index is -0.223. The molecule has 0 amide bonds. The lowest BCUT2D eigenvalue weighted by molar-refractivity contribution is 0.622. The summed E-state index contributed by atoms with van der Waals surface area (Å²) in [6.45, 7) is 7.20. The average Bonchev–Trinajstić information content (AvgIpc) is 2.55. The van der Waals surface area contributed by atoms with Crippen molar-refractivity contribution in [2.24, 2.45) is 0 Å². The lowest BCUT2D eigenvalue weighted by atomic mass is 10.1. The molecule has 0 saturated carbocycles. The zero-order valence-electron chi connectivity index (χ0n) is 13.4. The molecular formula is C17H21FN4O. The van der Waals surface area contributed by atoms with Crippen molar-refractivity contribution >= 4 is 11.6 Å². The summed E-state index contributed by atoms with van der Waals surface area (Å²) in [7, 11) is 0. The summed E-state index contributed by atoms with van der Waals surface area (Å²) in [5, 5.41) is 0. The van der Waals surface area contributed by atoms with Crippen LogP contribution in [-0.4, -0.2) is 36.1 Å². The van der Waals surface area contributed by atoms with Gasteiger partial charge < -0.3 is 9.80 Å². The second-order valence-electron chi connectivity index (χ2n) is 6.10. The van der Waals surface area contributed by atoms with Crippen LogP contribution in [0.2, 0.25) is 0 Å². The van der Waals surface area contributed by atoms with Gasteiger partial charge in [0.05, 0.1) is 5.69 Å². The molecule has 1 aromatic carbocycles. The summed E-state index contributed by atoms with van der Waals surface area (Å²) in [6, 6.07) is 8.11. The molecule has 0 unspecified atom stereocenters. The minimum Gasteiger partial charge on any atom is -0.368 e. The Kier molecular flexibility index (Phi) is 4.32.